The zero-order valence-electron chi connectivity index (χ0n) is 14.2. The van der Waals surface area contributed by atoms with Crippen molar-refractivity contribution in [2.45, 2.75) is 19.4 Å². The van der Waals surface area contributed by atoms with E-state index in [0.717, 1.165) is 30.3 Å². The molecule has 0 radical (unpaired) electrons. The summed E-state index contributed by atoms with van der Waals surface area (Å²) in [5, 5.41) is 14.1. The molecule has 0 saturated carbocycles. The van der Waals surface area contributed by atoms with Gasteiger partial charge in [-0.3, -0.25) is 14.9 Å². The van der Waals surface area contributed by atoms with Gasteiger partial charge in [0.2, 0.25) is 5.91 Å². The molecule has 3 rings (SSSR count). The molecule has 2 aromatic carbocycles. The fourth-order valence-electron chi connectivity index (χ4n) is 2.90. The minimum atomic E-state index is -0.788. The van der Waals surface area contributed by atoms with Crippen LogP contribution in [0, 0.1) is 15.9 Å². The number of amides is 1. The molecule has 1 fully saturated rings. The number of carbonyl (C=O) groups excluding carboxylic acids is 1. The topological polar surface area (TPSA) is 84.7 Å². The van der Waals surface area contributed by atoms with E-state index in [9.17, 15) is 19.3 Å². The second-order valence-electron chi connectivity index (χ2n) is 5.93. The van der Waals surface area contributed by atoms with Crippen LogP contribution in [0.3, 0.4) is 0 Å². The molecule has 1 heterocycles. The van der Waals surface area contributed by atoms with Crippen LogP contribution >= 0.6 is 0 Å². The smallest absolute Gasteiger partial charge is 0.295 e. The number of nitrogens with zero attached hydrogens (tertiary/aromatic N) is 2. The SMILES string of the molecule is COc1cc(NCc2ccc(N3CCCC3=O)cc2)c([N+](=O)[O-])cc1F. The average molecular weight is 359 g/mol. The van der Waals surface area contributed by atoms with Crippen molar-refractivity contribution in [3.05, 3.63) is 57.9 Å². The molecule has 0 bridgehead atoms. The third-order valence-electron chi connectivity index (χ3n) is 4.27. The molecule has 1 N–H and O–H groups in total. The lowest BCUT2D eigenvalue weighted by Crippen LogP contribution is -2.23. The van der Waals surface area contributed by atoms with Crippen molar-refractivity contribution in [2.75, 3.05) is 23.9 Å². The van der Waals surface area contributed by atoms with Gasteiger partial charge in [-0.2, -0.15) is 0 Å². The third kappa shape index (κ3) is 3.58. The fourth-order valence-corrected chi connectivity index (χ4v) is 2.90. The maximum Gasteiger partial charge on any atom is 0.295 e. The van der Waals surface area contributed by atoms with Crippen molar-refractivity contribution in [2.24, 2.45) is 0 Å². The molecule has 8 heteroatoms. The zero-order valence-corrected chi connectivity index (χ0v) is 14.2. The van der Waals surface area contributed by atoms with Crippen LogP contribution in [0.4, 0.5) is 21.5 Å². The summed E-state index contributed by atoms with van der Waals surface area (Å²) < 4.78 is 18.6. The first-order valence-electron chi connectivity index (χ1n) is 8.14. The van der Waals surface area contributed by atoms with Crippen molar-refractivity contribution >= 4 is 23.0 Å². The van der Waals surface area contributed by atoms with E-state index >= 15 is 0 Å². The van der Waals surface area contributed by atoms with Crippen LogP contribution in [0.25, 0.3) is 0 Å². The molecule has 7 nitrogen and oxygen atoms in total. The van der Waals surface area contributed by atoms with E-state index in [4.69, 9.17) is 4.74 Å². The summed E-state index contributed by atoms with van der Waals surface area (Å²) >= 11 is 0. The van der Waals surface area contributed by atoms with Crippen molar-refractivity contribution in [3.8, 4) is 5.75 Å². The van der Waals surface area contributed by atoms with Crippen molar-refractivity contribution in [1.82, 2.24) is 0 Å². The van der Waals surface area contributed by atoms with Gasteiger partial charge in [-0.05, 0) is 24.1 Å². The van der Waals surface area contributed by atoms with Gasteiger partial charge in [-0.1, -0.05) is 12.1 Å². The van der Waals surface area contributed by atoms with Crippen molar-refractivity contribution in [3.63, 3.8) is 0 Å². The molecule has 1 saturated heterocycles. The van der Waals surface area contributed by atoms with Gasteiger partial charge in [0.25, 0.3) is 5.69 Å². The van der Waals surface area contributed by atoms with E-state index in [-0.39, 0.29) is 23.0 Å². The van der Waals surface area contributed by atoms with Crippen molar-refractivity contribution in [1.29, 1.82) is 0 Å². The summed E-state index contributed by atoms with van der Waals surface area (Å²) in [5.74, 6) is -0.740. The van der Waals surface area contributed by atoms with Crippen LogP contribution in [-0.4, -0.2) is 24.5 Å². The number of benzene rings is 2. The number of anilines is 2. The number of rotatable bonds is 6. The summed E-state index contributed by atoms with van der Waals surface area (Å²) in [6.07, 6.45) is 1.43. The highest BCUT2D eigenvalue weighted by Crippen LogP contribution is 2.32. The summed E-state index contributed by atoms with van der Waals surface area (Å²) in [5.41, 5.74) is 1.53. The summed E-state index contributed by atoms with van der Waals surface area (Å²) in [7, 11) is 1.30. The second kappa shape index (κ2) is 7.38. The highest BCUT2D eigenvalue weighted by molar-refractivity contribution is 5.95. The number of nitro groups is 1. The summed E-state index contributed by atoms with van der Waals surface area (Å²) in [6, 6.07) is 9.49. The van der Waals surface area contributed by atoms with E-state index in [2.05, 4.69) is 5.32 Å². The minimum absolute atomic E-state index is 0.0685. The highest BCUT2D eigenvalue weighted by atomic mass is 19.1. The first-order valence-corrected chi connectivity index (χ1v) is 8.14. The van der Waals surface area contributed by atoms with E-state index in [1.165, 1.54) is 13.2 Å². The Kier molecular flexibility index (Phi) is 5.01. The number of methoxy groups -OCH3 is 1. The van der Waals surface area contributed by atoms with Gasteiger partial charge in [0.1, 0.15) is 5.69 Å². The van der Waals surface area contributed by atoms with Gasteiger partial charge in [0.15, 0.2) is 11.6 Å². The Morgan fingerprint density at radius 3 is 2.62 bits per heavy atom. The van der Waals surface area contributed by atoms with E-state index in [0.29, 0.717) is 13.0 Å². The first kappa shape index (κ1) is 17.7. The summed E-state index contributed by atoms with van der Waals surface area (Å²) in [4.78, 5) is 24.0. The van der Waals surface area contributed by atoms with Gasteiger partial charge in [-0.15, -0.1) is 0 Å². The van der Waals surface area contributed by atoms with Gasteiger partial charge in [-0.25, -0.2) is 4.39 Å². The minimum Gasteiger partial charge on any atom is -0.494 e. The Hall–Kier alpha value is -3.16. The molecule has 0 unspecified atom stereocenters. The molecule has 136 valence electrons. The monoisotopic (exact) mass is 359 g/mol. The van der Waals surface area contributed by atoms with Crippen LogP contribution in [-0.2, 0) is 11.3 Å². The van der Waals surface area contributed by atoms with Gasteiger partial charge in [0, 0.05) is 31.3 Å². The number of hydrogen-bond acceptors (Lipinski definition) is 5. The number of halogens is 1. The maximum absolute atomic E-state index is 13.7. The van der Waals surface area contributed by atoms with Crippen LogP contribution in [0.5, 0.6) is 5.75 Å². The zero-order chi connectivity index (χ0) is 18.7. The standard InChI is InChI=1S/C18H18FN3O4/c1-26-17-10-15(16(22(24)25)9-14(17)19)20-11-12-4-6-13(7-5-12)21-8-2-3-18(21)23/h4-7,9-10,20H,2-3,8,11H2,1H3. The molecule has 0 spiro atoms. The lowest BCUT2D eigenvalue weighted by molar-refractivity contribution is -0.384. The maximum atomic E-state index is 13.7. The lowest BCUT2D eigenvalue weighted by Gasteiger charge is -2.16. The Balaban J connectivity index is 1.74. The van der Waals surface area contributed by atoms with E-state index < -0.39 is 10.7 Å². The Labute approximate surface area is 149 Å². The molecule has 0 aromatic heterocycles. The molecule has 2 aromatic rings. The average Bonchev–Trinajstić information content (AvgIpc) is 3.06. The van der Waals surface area contributed by atoms with Gasteiger partial charge >= 0.3 is 0 Å². The summed E-state index contributed by atoms with van der Waals surface area (Å²) in [6.45, 7) is 1.03. The van der Waals surface area contributed by atoms with Crippen molar-refractivity contribution < 1.29 is 18.8 Å². The van der Waals surface area contributed by atoms with Crippen LogP contribution in [0.15, 0.2) is 36.4 Å². The molecule has 0 atom stereocenters. The van der Waals surface area contributed by atoms with Crippen LogP contribution in [0.1, 0.15) is 18.4 Å². The number of ether oxygens (including phenoxy) is 1. The van der Waals surface area contributed by atoms with Gasteiger partial charge < -0.3 is 15.0 Å². The fraction of sp³-hybridized carbons (Fsp3) is 0.278. The Bertz CT molecular complexity index is 839. The molecular weight excluding hydrogens is 341 g/mol. The second-order valence-corrected chi connectivity index (χ2v) is 5.93. The van der Waals surface area contributed by atoms with Crippen LogP contribution < -0.4 is 15.0 Å². The Morgan fingerprint density at radius 2 is 2.04 bits per heavy atom. The molecule has 26 heavy (non-hydrogen) atoms. The van der Waals surface area contributed by atoms with E-state index in [1.54, 1.807) is 4.90 Å². The van der Waals surface area contributed by atoms with Crippen LogP contribution in [0.2, 0.25) is 0 Å². The molecule has 1 aliphatic rings. The molecule has 0 aliphatic carbocycles. The first-order chi connectivity index (χ1) is 12.5. The number of nitro benzene ring substituents is 1. The third-order valence-corrected chi connectivity index (χ3v) is 4.27. The molecule has 1 aliphatic heterocycles. The number of hydrogen-bond donors (Lipinski definition) is 1. The predicted molar refractivity (Wildman–Crippen MR) is 95.0 cm³/mol. The van der Waals surface area contributed by atoms with Gasteiger partial charge in [0.05, 0.1) is 18.1 Å². The predicted octanol–water partition coefficient (Wildman–Crippen LogP) is 3.48. The Morgan fingerprint density at radius 1 is 1.31 bits per heavy atom. The largest absolute Gasteiger partial charge is 0.494 e. The normalized spacial score (nSPS) is 13.8. The lowest BCUT2D eigenvalue weighted by atomic mass is 10.1. The quantitative estimate of drug-likeness (QED) is 0.630. The highest BCUT2D eigenvalue weighted by Gasteiger charge is 2.22. The number of carbonyl (C=O) groups is 1. The molecule has 1 amide bonds. The van der Waals surface area contributed by atoms with E-state index in [1.807, 2.05) is 24.3 Å². The molecular formula is C18H18FN3O4. The number of nitrogens with one attached hydrogen (secondary N) is 1.